The standard InChI is InChI=1S/C18H18N2O4S/c21-16-4-1-9-20(16)10-11-24-18(23)13-5-7-14(8-6-13)19-17(22)15-3-2-12-25-15/h2-3,5-8,12H,1,4,9-11H2,(H,19,22). The largest absolute Gasteiger partial charge is 0.460 e. The van der Waals surface area contributed by atoms with Crippen LogP contribution in [0.4, 0.5) is 5.69 Å². The number of thiophene rings is 1. The summed E-state index contributed by atoms with van der Waals surface area (Å²) in [5.74, 6) is -0.509. The van der Waals surface area contributed by atoms with Gasteiger partial charge in [0.2, 0.25) is 5.91 Å². The predicted molar refractivity (Wildman–Crippen MR) is 94.8 cm³/mol. The summed E-state index contributed by atoms with van der Waals surface area (Å²) in [5, 5.41) is 4.61. The van der Waals surface area contributed by atoms with Crippen LogP contribution in [-0.2, 0) is 9.53 Å². The minimum atomic E-state index is -0.442. The van der Waals surface area contributed by atoms with Crippen LogP contribution < -0.4 is 5.32 Å². The molecule has 0 radical (unpaired) electrons. The number of ether oxygens (including phenoxy) is 1. The lowest BCUT2D eigenvalue weighted by Crippen LogP contribution is -2.29. The van der Waals surface area contributed by atoms with Crippen LogP contribution in [0.3, 0.4) is 0 Å². The average molecular weight is 358 g/mol. The number of benzene rings is 1. The molecule has 7 heteroatoms. The fraction of sp³-hybridized carbons (Fsp3) is 0.278. The van der Waals surface area contributed by atoms with E-state index in [9.17, 15) is 14.4 Å². The highest BCUT2D eigenvalue weighted by atomic mass is 32.1. The summed E-state index contributed by atoms with van der Waals surface area (Å²) >= 11 is 1.36. The molecule has 2 amide bonds. The Morgan fingerprint density at radius 1 is 1.20 bits per heavy atom. The highest BCUT2D eigenvalue weighted by Gasteiger charge is 2.20. The predicted octanol–water partition coefficient (Wildman–Crippen LogP) is 2.78. The number of carbonyl (C=O) groups excluding carboxylic acids is 3. The van der Waals surface area contributed by atoms with Crippen molar-refractivity contribution in [2.24, 2.45) is 0 Å². The number of nitrogens with one attached hydrogen (secondary N) is 1. The summed E-state index contributed by atoms with van der Waals surface area (Å²) in [6, 6.07) is 10.1. The second kappa shape index (κ2) is 7.94. The number of amides is 2. The van der Waals surface area contributed by atoms with Gasteiger partial charge in [-0.2, -0.15) is 0 Å². The van der Waals surface area contributed by atoms with Gasteiger partial charge in [0, 0.05) is 18.7 Å². The van der Waals surface area contributed by atoms with Crippen molar-refractivity contribution < 1.29 is 19.1 Å². The van der Waals surface area contributed by atoms with Crippen molar-refractivity contribution in [3.63, 3.8) is 0 Å². The Balaban J connectivity index is 1.48. The first kappa shape index (κ1) is 17.2. The molecular formula is C18H18N2O4S. The minimum Gasteiger partial charge on any atom is -0.460 e. The molecule has 1 aliphatic heterocycles. The number of likely N-dealkylation sites (tertiary alicyclic amines) is 1. The molecule has 1 aromatic carbocycles. The van der Waals surface area contributed by atoms with Crippen molar-refractivity contribution in [1.29, 1.82) is 0 Å². The van der Waals surface area contributed by atoms with Crippen molar-refractivity contribution in [2.45, 2.75) is 12.8 Å². The van der Waals surface area contributed by atoms with Gasteiger partial charge in [0.1, 0.15) is 6.61 Å². The van der Waals surface area contributed by atoms with Gasteiger partial charge in [-0.15, -0.1) is 11.3 Å². The number of rotatable bonds is 6. The fourth-order valence-corrected chi connectivity index (χ4v) is 3.18. The molecule has 1 saturated heterocycles. The molecule has 0 spiro atoms. The van der Waals surface area contributed by atoms with Gasteiger partial charge in [-0.25, -0.2) is 4.79 Å². The molecule has 1 aliphatic rings. The van der Waals surface area contributed by atoms with Gasteiger partial charge < -0.3 is 15.0 Å². The summed E-state index contributed by atoms with van der Waals surface area (Å²) < 4.78 is 5.20. The number of carbonyl (C=O) groups is 3. The zero-order valence-corrected chi connectivity index (χ0v) is 14.4. The van der Waals surface area contributed by atoms with Crippen LogP contribution in [0.5, 0.6) is 0 Å². The summed E-state index contributed by atoms with van der Waals surface area (Å²) in [7, 11) is 0. The van der Waals surface area contributed by atoms with E-state index in [2.05, 4.69) is 5.32 Å². The van der Waals surface area contributed by atoms with Gasteiger partial charge in [0.25, 0.3) is 5.91 Å². The third-order valence-electron chi connectivity index (χ3n) is 3.89. The number of anilines is 1. The van der Waals surface area contributed by atoms with Crippen molar-refractivity contribution in [1.82, 2.24) is 4.90 Å². The molecule has 0 unspecified atom stereocenters. The van der Waals surface area contributed by atoms with E-state index in [1.54, 1.807) is 35.2 Å². The minimum absolute atomic E-state index is 0.113. The van der Waals surface area contributed by atoms with E-state index in [-0.39, 0.29) is 18.4 Å². The van der Waals surface area contributed by atoms with Crippen LogP contribution in [0.2, 0.25) is 0 Å². The molecule has 0 atom stereocenters. The molecule has 1 aromatic heterocycles. The third-order valence-corrected chi connectivity index (χ3v) is 4.76. The quantitative estimate of drug-likeness (QED) is 0.806. The summed E-state index contributed by atoms with van der Waals surface area (Å²) in [6.45, 7) is 1.34. The molecule has 0 bridgehead atoms. The number of nitrogens with zero attached hydrogens (tertiary/aromatic N) is 1. The highest BCUT2D eigenvalue weighted by Crippen LogP contribution is 2.15. The van der Waals surface area contributed by atoms with Crippen molar-refractivity contribution >= 4 is 34.8 Å². The van der Waals surface area contributed by atoms with Gasteiger partial charge in [-0.1, -0.05) is 6.07 Å². The molecule has 1 fully saturated rings. The molecule has 6 nitrogen and oxygen atoms in total. The van der Waals surface area contributed by atoms with Gasteiger partial charge in [0.05, 0.1) is 17.0 Å². The summed E-state index contributed by atoms with van der Waals surface area (Å²) in [6.07, 6.45) is 1.44. The Bertz CT molecular complexity index is 756. The van der Waals surface area contributed by atoms with E-state index in [0.29, 0.717) is 29.1 Å². The monoisotopic (exact) mass is 358 g/mol. The fourth-order valence-electron chi connectivity index (χ4n) is 2.56. The lowest BCUT2D eigenvalue weighted by atomic mass is 10.2. The van der Waals surface area contributed by atoms with E-state index in [1.165, 1.54) is 11.3 Å². The first-order chi connectivity index (χ1) is 12.1. The molecule has 0 saturated carbocycles. The molecular weight excluding hydrogens is 340 g/mol. The molecule has 130 valence electrons. The second-order valence-electron chi connectivity index (χ2n) is 5.63. The van der Waals surface area contributed by atoms with Crippen molar-refractivity contribution in [3.05, 3.63) is 52.2 Å². The smallest absolute Gasteiger partial charge is 0.338 e. The van der Waals surface area contributed by atoms with Crippen molar-refractivity contribution in [2.75, 3.05) is 25.0 Å². The number of hydrogen-bond acceptors (Lipinski definition) is 5. The highest BCUT2D eigenvalue weighted by molar-refractivity contribution is 7.12. The Morgan fingerprint density at radius 2 is 2.00 bits per heavy atom. The molecule has 1 N–H and O–H groups in total. The zero-order chi connectivity index (χ0) is 17.6. The van der Waals surface area contributed by atoms with E-state index >= 15 is 0 Å². The van der Waals surface area contributed by atoms with Crippen molar-refractivity contribution in [3.8, 4) is 0 Å². The van der Waals surface area contributed by atoms with Crippen LogP contribution in [0.25, 0.3) is 0 Å². The van der Waals surface area contributed by atoms with Gasteiger partial charge in [-0.3, -0.25) is 9.59 Å². The van der Waals surface area contributed by atoms with E-state index in [1.807, 2.05) is 11.4 Å². The second-order valence-corrected chi connectivity index (χ2v) is 6.58. The van der Waals surface area contributed by atoms with Crippen LogP contribution in [0.1, 0.15) is 32.9 Å². The van der Waals surface area contributed by atoms with E-state index in [0.717, 1.165) is 13.0 Å². The maximum absolute atomic E-state index is 12.0. The Labute approximate surface area is 149 Å². The first-order valence-electron chi connectivity index (χ1n) is 8.03. The molecule has 25 heavy (non-hydrogen) atoms. The SMILES string of the molecule is O=C(OCCN1CCCC1=O)c1ccc(NC(=O)c2cccs2)cc1. The summed E-state index contributed by atoms with van der Waals surface area (Å²) in [5.41, 5.74) is 1.01. The van der Waals surface area contributed by atoms with Crippen LogP contribution >= 0.6 is 11.3 Å². The molecule has 0 aliphatic carbocycles. The molecule has 3 rings (SSSR count). The lowest BCUT2D eigenvalue weighted by Gasteiger charge is -2.15. The number of esters is 1. The van der Waals surface area contributed by atoms with Gasteiger partial charge >= 0.3 is 5.97 Å². The van der Waals surface area contributed by atoms with Gasteiger partial charge in [0.15, 0.2) is 0 Å². The number of hydrogen-bond donors (Lipinski definition) is 1. The maximum Gasteiger partial charge on any atom is 0.338 e. The Morgan fingerprint density at radius 3 is 2.64 bits per heavy atom. The Kier molecular flexibility index (Phi) is 5.45. The zero-order valence-electron chi connectivity index (χ0n) is 13.6. The summed E-state index contributed by atoms with van der Waals surface area (Å²) in [4.78, 5) is 37.8. The third kappa shape index (κ3) is 4.45. The lowest BCUT2D eigenvalue weighted by molar-refractivity contribution is -0.128. The normalized spacial score (nSPS) is 13.8. The topological polar surface area (TPSA) is 75.7 Å². The van der Waals surface area contributed by atoms with E-state index < -0.39 is 5.97 Å². The average Bonchev–Trinajstić information content (AvgIpc) is 3.28. The molecule has 2 heterocycles. The van der Waals surface area contributed by atoms with Gasteiger partial charge in [-0.05, 0) is 42.1 Å². The molecule has 2 aromatic rings. The maximum atomic E-state index is 12.0. The van der Waals surface area contributed by atoms with Crippen LogP contribution in [-0.4, -0.2) is 42.4 Å². The van der Waals surface area contributed by atoms with E-state index in [4.69, 9.17) is 4.74 Å². The Hall–Kier alpha value is -2.67. The van der Waals surface area contributed by atoms with Crippen LogP contribution in [0.15, 0.2) is 41.8 Å². The first-order valence-corrected chi connectivity index (χ1v) is 8.91. The van der Waals surface area contributed by atoms with Crippen LogP contribution in [0, 0.1) is 0 Å².